The van der Waals surface area contributed by atoms with Crippen molar-refractivity contribution < 1.29 is 0 Å². The number of hydrogen-bond donors (Lipinski definition) is 2. The van der Waals surface area contributed by atoms with Crippen molar-refractivity contribution in [1.29, 1.82) is 0 Å². The third-order valence-corrected chi connectivity index (χ3v) is 4.49. The number of nitrogens with one attached hydrogen (secondary N) is 2. The number of aryl methyl sites for hydroxylation is 1. The molecule has 1 aromatic carbocycles. The Morgan fingerprint density at radius 3 is 2.58 bits per heavy atom. The van der Waals surface area contributed by atoms with Gasteiger partial charge >= 0.3 is 0 Å². The molecule has 2 atom stereocenters. The van der Waals surface area contributed by atoms with Crippen molar-refractivity contribution in [3.05, 3.63) is 52.8 Å². The maximum atomic E-state index is 6.28. The van der Waals surface area contributed by atoms with Crippen LogP contribution in [-0.4, -0.2) is 48.3 Å². The van der Waals surface area contributed by atoms with E-state index in [1.807, 2.05) is 48.4 Å². The first kappa shape index (κ1) is 22.7. The molecular formula is C18H28ClIN6. The minimum atomic E-state index is 0. The molecule has 0 saturated carbocycles. The molecular weight excluding hydrogens is 463 g/mol. The molecule has 0 aliphatic rings. The lowest BCUT2D eigenvalue weighted by atomic mass is 10.1. The summed E-state index contributed by atoms with van der Waals surface area (Å²) in [7, 11) is 7.81. The van der Waals surface area contributed by atoms with Crippen LogP contribution in [0.3, 0.4) is 0 Å². The van der Waals surface area contributed by atoms with E-state index in [-0.39, 0.29) is 36.1 Å². The molecule has 0 aliphatic carbocycles. The zero-order valence-corrected chi connectivity index (χ0v) is 19.0. The van der Waals surface area contributed by atoms with Gasteiger partial charge in [0.15, 0.2) is 5.96 Å². The summed E-state index contributed by atoms with van der Waals surface area (Å²) >= 11 is 6.28. The van der Waals surface area contributed by atoms with E-state index < -0.39 is 0 Å². The summed E-state index contributed by atoms with van der Waals surface area (Å²) in [5.41, 5.74) is 2.21. The van der Waals surface area contributed by atoms with Gasteiger partial charge in [-0.15, -0.1) is 24.0 Å². The van der Waals surface area contributed by atoms with Gasteiger partial charge in [0.1, 0.15) is 0 Å². The summed E-state index contributed by atoms with van der Waals surface area (Å²) in [4.78, 5) is 6.49. The highest BCUT2D eigenvalue weighted by molar-refractivity contribution is 14.0. The largest absolute Gasteiger partial charge is 0.354 e. The maximum Gasteiger partial charge on any atom is 0.191 e. The molecule has 0 bridgehead atoms. The molecule has 1 heterocycles. The van der Waals surface area contributed by atoms with Crippen LogP contribution < -0.4 is 10.6 Å². The number of aromatic nitrogens is 2. The zero-order chi connectivity index (χ0) is 18.4. The Morgan fingerprint density at radius 1 is 1.35 bits per heavy atom. The van der Waals surface area contributed by atoms with Crippen molar-refractivity contribution >= 4 is 41.5 Å². The molecule has 2 rings (SSSR count). The molecule has 0 amide bonds. The maximum absolute atomic E-state index is 6.28. The van der Waals surface area contributed by atoms with E-state index in [0.29, 0.717) is 6.54 Å². The van der Waals surface area contributed by atoms with Crippen LogP contribution in [0.2, 0.25) is 5.02 Å². The number of guanidine groups is 1. The standard InChI is InChI=1S/C18H27ClN6.HI/c1-13(15-8-6-7-9-16(15)19)23-18(20-2)21-11-17(24(3)4)14-10-22-25(5)12-14;/h6-10,12-13,17H,11H2,1-5H3,(H2,20,21,23);1H. The van der Waals surface area contributed by atoms with Crippen LogP contribution in [0.15, 0.2) is 41.7 Å². The quantitative estimate of drug-likeness (QED) is 0.371. The Labute approximate surface area is 178 Å². The number of likely N-dealkylation sites (N-methyl/N-ethyl adjacent to an activating group) is 1. The fourth-order valence-corrected chi connectivity index (χ4v) is 3.01. The second-order valence-corrected chi connectivity index (χ2v) is 6.67. The van der Waals surface area contributed by atoms with Gasteiger partial charge in [-0.3, -0.25) is 9.67 Å². The molecule has 26 heavy (non-hydrogen) atoms. The topological polar surface area (TPSA) is 57.5 Å². The lowest BCUT2D eigenvalue weighted by molar-refractivity contribution is 0.298. The molecule has 8 heteroatoms. The molecule has 1 aromatic heterocycles. The van der Waals surface area contributed by atoms with Gasteiger partial charge in [0.2, 0.25) is 0 Å². The van der Waals surface area contributed by atoms with Gasteiger partial charge in [0.05, 0.1) is 18.3 Å². The Kier molecular flexibility index (Phi) is 9.38. The fraction of sp³-hybridized carbons (Fsp3) is 0.444. The average Bonchev–Trinajstić information content (AvgIpc) is 3.00. The second-order valence-electron chi connectivity index (χ2n) is 6.27. The fourth-order valence-electron chi connectivity index (χ4n) is 2.71. The highest BCUT2D eigenvalue weighted by Gasteiger charge is 2.17. The number of rotatable bonds is 6. The van der Waals surface area contributed by atoms with Crippen LogP contribution in [0.5, 0.6) is 0 Å². The zero-order valence-electron chi connectivity index (χ0n) is 15.9. The Balaban J connectivity index is 0.00000338. The van der Waals surface area contributed by atoms with Gasteiger partial charge in [-0.25, -0.2) is 0 Å². The monoisotopic (exact) mass is 490 g/mol. The lowest BCUT2D eigenvalue weighted by Crippen LogP contribution is -2.42. The van der Waals surface area contributed by atoms with Crippen LogP contribution >= 0.6 is 35.6 Å². The average molecular weight is 491 g/mol. The van der Waals surface area contributed by atoms with Crippen molar-refractivity contribution in [2.24, 2.45) is 12.0 Å². The summed E-state index contributed by atoms with van der Waals surface area (Å²) in [6, 6.07) is 8.08. The van der Waals surface area contributed by atoms with Crippen LogP contribution in [-0.2, 0) is 7.05 Å². The molecule has 6 nitrogen and oxygen atoms in total. The lowest BCUT2D eigenvalue weighted by Gasteiger charge is -2.26. The first-order valence-electron chi connectivity index (χ1n) is 8.29. The van der Waals surface area contributed by atoms with Crippen molar-refractivity contribution in [2.45, 2.75) is 19.0 Å². The molecule has 0 spiro atoms. The molecule has 0 fully saturated rings. The van der Waals surface area contributed by atoms with Gasteiger partial charge in [-0.05, 0) is 32.6 Å². The summed E-state index contributed by atoms with van der Waals surface area (Å²) in [5, 5.41) is 11.8. The van der Waals surface area contributed by atoms with Gasteiger partial charge in [-0.1, -0.05) is 29.8 Å². The van der Waals surface area contributed by atoms with Crippen LogP contribution in [0, 0.1) is 0 Å². The number of halogens is 2. The van der Waals surface area contributed by atoms with Crippen LogP contribution in [0.4, 0.5) is 0 Å². The third kappa shape index (κ3) is 6.14. The summed E-state index contributed by atoms with van der Waals surface area (Å²) in [6.45, 7) is 2.78. The first-order valence-corrected chi connectivity index (χ1v) is 8.66. The molecule has 2 N–H and O–H groups in total. The summed E-state index contributed by atoms with van der Waals surface area (Å²) < 4.78 is 1.82. The Bertz CT molecular complexity index is 715. The van der Waals surface area contributed by atoms with E-state index in [0.717, 1.165) is 22.1 Å². The number of nitrogens with zero attached hydrogens (tertiary/aromatic N) is 4. The van der Waals surface area contributed by atoms with Crippen molar-refractivity contribution in [1.82, 2.24) is 25.3 Å². The summed E-state index contributed by atoms with van der Waals surface area (Å²) in [5.74, 6) is 0.739. The van der Waals surface area contributed by atoms with E-state index >= 15 is 0 Å². The van der Waals surface area contributed by atoms with Gasteiger partial charge in [0.25, 0.3) is 0 Å². The van der Waals surface area contributed by atoms with Gasteiger partial charge in [-0.2, -0.15) is 5.10 Å². The predicted octanol–water partition coefficient (Wildman–Crippen LogP) is 3.22. The second kappa shape index (κ2) is 10.7. The SMILES string of the molecule is CN=C(NCC(c1cnn(C)c1)N(C)C)NC(C)c1ccccc1Cl.I. The predicted molar refractivity (Wildman–Crippen MR) is 119 cm³/mol. The summed E-state index contributed by atoms with van der Waals surface area (Å²) in [6.07, 6.45) is 3.93. The molecule has 0 aliphatic heterocycles. The minimum Gasteiger partial charge on any atom is -0.354 e. The molecule has 0 saturated heterocycles. The third-order valence-electron chi connectivity index (χ3n) is 4.14. The highest BCUT2D eigenvalue weighted by atomic mass is 127. The minimum absolute atomic E-state index is 0. The van der Waals surface area contributed by atoms with Gasteiger partial charge in [0, 0.05) is 37.4 Å². The van der Waals surface area contributed by atoms with Gasteiger partial charge < -0.3 is 15.5 Å². The van der Waals surface area contributed by atoms with Crippen molar-refractivity contribution in [3.8, 4) is 0 Å². The van der Waals surface area contributed by atoms with Crippen molar-refractivity contribution in [2.75, 3.05) is 27.7 Å². The number of hydrogen-bond acceptors (Lipinski definition) is 3. The Hall–Kier alpha value is -1.32. The highest BCUT2D eigenvalue weighted by Crippen LogP contribution is 2.22. The van der Waals surface area contributed by atoms with Crippen LogP contribution in [0.1, 0.15) is 30.1 Å². The van der Waals surface area contributed by atoms with Crippen molar-refractivity contribution in [3.63, 3.8) is 0 Å². The van der Waals surface area contributed by atoms with E-state index in [1.165, 1.54) is 0 Å². The van der Waals surface area contributed by atoms with E-state index in [9.17, 15) is 0 Å². The molecule has 0 radical (unpaired) electrons. The normalized spacial score (nSPS) is 13.9. The van der Waals surface area contributed by atoms with E-state index in [1.54, 1.807) is 7.05 Å². The van der Waals surface area contributed by atoms with E-state index in [4.69, 9.17) is 11.6 Å². The molecule has 144 valence electrons. The van der Waals surface area contributed by atoms with E-state index in [2.05, 4.69) is 46.6 Å². The Morgan fingerprint density at radius 2 is 2.04 bits per heavy atom. The smallest absolute Gasteiger partial charge is 0.191 e. The van der Waals surface area contributed by atoms with Crippen LogP contribution in [0.25, 0.3) is 0 Å². The molecule has 2 aromatic rings. The number of benzene rings is 1. The molecule has 2 unspecified atom stereocenters. The number of aliphatic imine (C=N–C) groups is 1. The first-order chi connectivity index (χ1) is 11.9.